The van der Waals surface area contributed by atoms with Crippen LogP contribution in [0.1, 0.15) is 25.3 Å². The van der Waals surface area contributed by atoms with Crippen molar-refractivity contribution in [2.24, 2.45) is 5.92 Å². The van der Waals surface area contributed by atoms with Crippen LogP contribution in [0.15, 0.2) is 47.3 Å². The zero-order valence-corrected chi connectivity index (χ0v) is 9.89. The van der Waals surface area contributed by atoms with Crippen molar-refractivity contribution in [3.63, 3.8) is 0 Å². The SMILES string of the molecule is CC1C=C(c2ccc(-c3cnco3)cc2)CC1. The Morgan fingerprint density at radius 3 is 2.53 bits per heavy atom. The summed E-state index contributed by atoms with van der Waals surface area (Å²) in [6.45, 7) is 2.27. The highest BCUT2D eigenvalue weighted by atomic mass is 16.3. The molecule has 0 spiro atoms. The number of rotatable bonds is 2. The third-order valence-electron chi connectivity index (χ3n) is 3.33. The third-order valence-corrected chi connectivity index (χ3v) is 3.33. The van der Waals surface area contributed by atoms with Crippen LogP contribution in [0.4, 0.5) is 0 Å². The van der Waals surface area contributed by atoms with Gasteiger partial charge in [-0.15, -0.1) is 0 Å². The van der Waals surface area contributed by atoms with Gasteiger partial charge in [0.2, 0.25) is 0 Å². The van der Waals surface area contributed by atoms with Gasteiger partial charge in [-0.05, 0) is 29.9 Å². The molecule has 1 aliphatic rings. The van der Waals surface area contributed by atoms with E-state index >= 15 is 0 Å². The van der Waals surface area contributed by atoms with Crippen molar-refractivity contribution in [1.82, 2.24) is 4.98 Å². The van der Waals surface area contributed by atoms with Gasteiger partial charge in [-0.3, -0.25) is 0 Å². The molecule has 17 heavy (non-hydrogen) atoms. The van der Waals surface area contributed by atoms with Crippen molar-refractivity contribution in [2.75, 3.05) is 0 Å². The lowest BCUT2D eigenvalue weighted by atomic mass is 10.0. The van der Waals surface area contributed by atoms with E-state index in [1.54, 1.807) is 6.20 Å². The first-order chi connectivity index (χ1) is 8.33. The van der Waals surface area contributed by atoms with E-state index in [2.05, 4.69) is 42.2 Å². The number of nitrogens with zero attached hydrogens (tertiary/aromatic N) is 1. The zero-order chi connectivity index (χ0) is 11.7. The molecule has 2 aromatic rings. The maximum Gasteiger partial charge on any atom is 0.181 e. The van der Waals surface area contributed by atoms with Gasteiger partial charge in [0.25, 0.3) is 0 Å². The fourth-order valence-corrected chi connectivity index (χ4v) is 2.34. The van der Waals surface area contributed by atoms with Crippen LogP contribution in [0.5, 0.6) is 0 Å². The van der Waals surface area contributed by atoms with E-state index in [9.17, 15) is 0 Å². The molecule has 1 aromatic carbocycles. The van der Waals surface area contributed by atoms with Crippen molar-refractivity contribution in [3.8, 4) is 11.3 Å². The first-order valence-corrected chi connectivity index (χ1v) is 6.03. The first kappa shape index (κ1) is 10.3. The largest absolute Gasteiger partial charge is 0.444 e. The maximum absolute atomic E-state index is 5.28. The van der Waals surface area contributed by atoms with Crippen molar-refractivity contribution in [2.45, 2.75) is 19.8 Å². The predicted octanol–water partition coefficient (Wildman–Crippen LogP) is 4.15. The summed E-state index contributed by atoms with van der Waals surface area (Å²) in [7, 11) is 0. The lowest BCUT2D eigenvalue weighted by molar-refractivity contribution is 0.572. The van der Waals surface area contributed by atoms with E-state index in [4.69, 9.17) is 4.42 Å². The minimum Gasteiger partial charge on any atom is -0.444 e. The molecule has 0 N–H and O–H groups in total. The Labute approximate surface area is 101 Å². The van der Waals surface area contributed by atoms with Crippen molar-refractivity contribution < 1.29 is 4.42 Å². The Hall–Kier alpha value is -1.83. The molecule has 1 heterocycles. The Morgan fingerprint density at radius 1 is 1.18 bits per heavy atom. The maximum atomic E-state index is 5.28. The van der Waals surface area contributed by atoms with Gasteiger partial charge in [-0.1, -0.05) is 37.3 Å². The van der Waals surface area contributed by atoms with Gasteiger partial charge in [0.05, 0.1) is 6.20 Å². The van der Waals surface area contributed by atoms with E-state index in [-0.39, 0.29) is 0 Å². The Morgan fingerprint density at radius 2 is 1.94 bits per heavy atom. The van der Waals surface area contributed by atoms with Crippen molar-refractivity contribution >= 4 is 5.57 Å². The zero-order valence-electron chi connectivity index (χ0n) is 9.89. The Balaban J connectivity index is 1.88. The Kier molecular flexibility index (Phi) is 2.56. The molecular weight excluding hydrogens is 210 g/mol. The van der Waals surface area contributed by atoms with Crippen LogP contribution in [0.3, 0.4) is 0 Å². The van der Waals surface area contributed by atoms with Gasteiger partial charge < -0.3 is 4.42 Å². The smallest absolute Gasteiger partial charge is 0.181 e. The van der Waals surface area contributed by atoms with Crippen molar-refractivity contribution in [3.05, 3.63) is 48.5 Å². The van der Waals surface area contributed by atoms with Crippen LogP contribution in [0, 0.1) is 5.92 Å². The second kappa shape index (κ2) is 4.21. The van der Waals surface area contributed by atoms with Crippen LogP contribution in [0.2, 0.25) is 0 Å². The minimum atomic E-state index is 0.721. The molecule has 1 aliphatic carbocycles. The molecule has 86 valence electrons. The van der Waals surface area contributed by atoms with Crippen molar-refractivity contribution in [1.29, 1.82) is 0 Å². The van der Waals surface area contributed by atoms with E-state index in [0.29, 0.717) is 0 Å². The standard InChI is InChI=1S/C15H15NO/c1-11-2-3-14(8-11)12-4-6-13(7-5-12)15-9-16-10-17-15/h4-11H,2-3H2,1H3. The lowest BCUT2D eigenvalue weighted by Crippen LogP contribution is -1.81. The fraction of sp³-hybridized carbons (Fsp3) is 0.267. The summed E-state index contributed by atoms with van der Waals surface area (Å²) in [4.78, 5) is 3.93. The monoisotopic (exact) mass is 225 g/mol. The van der Waals surface area contributed by atoms with E-state index in [0.717, 1.165) is 17.2 Å². The summed E-state index contributed by atoms with van der Waals surface area (Å²) in [5.41, 5.74) is 3.89. The molecule has 2 heteroatoms. The molecule has 0 amide bonds. The lowest BCUT2D eigenvalue weighted by Gasteiger charge is -2.02. The van der Waals surface area contributed by atoms with Crippen LogP contribution < -0.4 is 0 Å². The highest BCUT2D eigenvalue weighted by Gasteiger charge is 2.13. The van der Waals surface area contributed by atoms with Gasteiger partial charge in [0, 0.05) is 5.56 Å². The predicted molar refractivity (Wildman–Crippen MR) is 68.3 cm³/mol. The summed E-state index contributed by atoms with van der Waals surface area (Å²) in [5.74, 6) is 1.55. The molecule has 0 bridgehead atoms. The Bertz CT molecular complexity index is 523. The van der Waals surface area contributed by atoms with Gasteiger partial charge in [-0.25, -0.2) is 4.98 Å². The normalized spacial score (nSPS) is 19.4. The molecule has 0 aliphatic heterocycles. The third kappa shape index (κ3) is 2.03. The fourth-order valence-electron chi connectivity index (χ4n) is 2.34. The molecule has 1 unspecified atom stereocenters. The number of hydrogen-bond acceptors (Lipinski definition) is 2. The summed E-state index contributed by atoms with van der Waals surface area (Å²) in [6.07, 6.45) is 8.06. The van der Waals surface area contributed by atoms with Gasteiger partial charge >= 0.3 is 0 Å². The summed E-state index contributed by atoms with van der Waals surface area (Å²) in [5, 5.41) is 0. The molecule has 1 atom stereocenters. The topological polar surface area (TPSA) is 26.0 Å². The highest BCUT2D eigenvalue weighted by molar-refractivity contribution is 5.70. The summed E-state index contributed by atoms with van der Waals surface area (Å²) in [6, 6.07) is 8.53. The molecule has 0 saturated carbocycles. The molecule has 2 nitrogen and oxygen atoms in total. The average molecular weight is 225 g/mol. The minimum absolute atomic E-state index is 0.721. The van der Waals surface area contributed by atoms with Crippen LogP contribution >= 0.6 is 0 Å². The quantitative estimate of drug-likeness (QED) is 0.767. The number of aromatic nitrogens is 1. The first-order valence-electron chi connectivity index (χ1n) is 6.03. The van der Waals surface area contributed by atoms with Gasteiger partial charge in [-0.2, -0.15) is 0 Å². The number of benzene rings is 1. The summed E-state index contributed by atoms with van der Waals surface area (Å²) < 4.78 is 5.28. The van der Waals surface area contributed by atoms with Gasteiger partial charge in [0.1, 0.15) is 0 Å². The molecule has 3 rings (SSSR count). The second-order valence-electron chi connectivity index (χ2n) is 4.65. The molecule has 0 saturated heterocycles. The van der Waals surface area contributed by atoms with Gasteiger partial charge in [0.15, 0.2) is 12.2 Å². The summed E-state index contributed by atoms with van der Waals surface area (Å²) >= 11 is 0. The van der Waals surface area contributed by atoms with Crippen LogP contribution in [0.25, 0.3) is 16.9 Å². The number of oxazole rings is 1. The van der Waals surface area contributed by atoms with E-state index in [1.165, 1.54) is 30.4 Å². The van der Waals surface area contributed by atoms with Crippen LogP contribution in [-0.2, 0) is 0 Å². The van der Waals surface area contributed by atoms with Crippen LogP contribution in [-0.4, -0.2) is 4.98 Å². The average Bonchev–Trinajstić information content (AvgIpc) is 3.00. The highest BCUT2D eigenvalue weighted by Crippen LogP contribution is 2.32. The van der Waals surface area contributed by atoms with E-state index in [1.807, 2.05) is 0 Å². The molecule has 0 radical (unpaired) electrons. The molecule has 0 fully saturated rings. The number of hydrogen-bond donors (Lipinski definition) is 0. The molecule has 1 aromatic heterocycles. The van der Waals surface area contributed by atoms with E-state index < -0.39 is 0 Å². The molecular formula is C15H15NO. The second-order valence-corrected chi connectivity index (χ2v) is 4.65. The number of allylic oxidation sites excluding steroid dienone is 2.